The summed E-state index contributed by atoms with van der Waals surface area (Å²) in [5.41, 5.74) is 17.5. The van der Waals surface area contributed by atoms with Crippen LogP contribution in [0.3, 0.4) is 0 Å². The van der Waals surface area contributed by atoms with Gasteiger partial charge < -0.3 is 11.5 Å². The van der Waals surface area contributed by atoms with Crippen molar-refractivity contribution in [3.05, 3.63) is 46.4 Å². The molecule has 1 rings (SSSR count). The number of hydrogen-bond acceptors (Lipinski definition) is 1. The van der Waals surface area contributed by atoms with Crippen LogP contribution < -0.4 is 11.5 Å². The predicted octanol–water partition coefficient (Wildman–Crippen LogP) is 2.09. The maximum absolute atomic E-state index is 11.6. The molecule has 0 bridgehead atoms. The zero-order valence-corrected chi connectivity index (χ0v) is 33.2. The third-order valence-corrected chi connectivity index (χ3v) is 3.72. The number of aliphatic imine (C=N–C) groups is 1. The molecule has 0 heterocycles. The van der Waals surface area contributed by atoms with Gasteiger partial charge in [0.15, 0.2) is 11.9 Å². The van der Waals surface area contributed by atoms with Crippen molar-refractivity contribution in [3.63, 3.8) is 0 Å². The Hall–Kier alpha value is 4.39. The van der Waals surface area contributed by atoms with E-state index in [1.54, 1.807) is 0 Å². The monoisotopic (exact) mass is 805 g/mol. The number of benzene rings is 1. The normalized spacial score (nSPS) is 8.73. The molecule has 1 aromatic carbocycles. The van der Waals surface area contributed by atoms with Gasteiger partial charge in [0.2, 0.25) is 0 Å². The van der Waals surface area contributed by atoms with Crippen LogP contribution in [-0.4, -0.2) is 11.9 Å². The fraction of sp³-hybridized carbons (Fsp3) is 0.312. The van der Waals surface area contributed by atoms with E-state index in [2.05, 4.69) is 31.8 Å². The first kappa shape index (κ1) is 44.1. The molecule has 10 heteroatoms. The molecule has 0 atom stereocenters. The molecule has 126 valence electrons. The van der Waals surface area contributed by atoms with Crippen LogP contribution in [0.5, 0.6) is 0 Å². The molecule has 0 unspecified atom stereocenters. The summed E-state index contributed by atoms with van der Waals surface area (Å²) < 4.78 is 0. The Balaban J connectivity index is -0.000000167. The van der Waals surface area contributed by atoms with Crippen molar-refractivity contribution in [3.8, 4) is 0 Å². The van der Waals surface area contributed by atoms with Crippen LogP contribution in [0.1, 0.15) is 40.3 Å². The van der Waals surface area contributed by atoms with Crippen LogP contribution in [0.2, 0.25) is 0 Å². The average molecular weight is 805 g/mol. The molecule has 4 N–H and O–H groups in total. The van der Waals surface area contributed by atoms with E-state index in [1.807, 2.05) is 20.8 Å². The van der Waals surface area contributed by atoms with Crippen molar-refractivity contribution >= 4 is 17.4 Å². The van der Waals surface area contributed by atoms with Crippen molar-refractivity contribution in [2.45, 2.75) is 34.6 Å². The molecule has 0 aliphatic heterocycles. The minimum absolute atomic E-state index is 0. The van der Waals surface area contributed by atoms with Crippen LogP contribution in [0, 0.1) is 40.7 Å². The summed E-state index contributed by atoms with van der Waals surface area (Å²) in [5.74, 6) is -0.852. The van der Waals surface area contributed by atoms with Gasteiger partial charge in [0, 0.05) is 196 Å². The minimum Gasteiger partial charge on any atom is -0.370 e. The first-order valence-corrected chi connectivity index (χ1v) is 6.33. The van der Waals surface area contributed by atoms with Gasteiger partial charge in [-0.15, -0.1) is 11.1 Å². The molecule has 26 heavy (non-hydrogen) atoms. The average Bonchev–Trinajstić information content (AvgIpc) is 2.33. The van der Waals surface area contributed by atoms with E-state index in [-0.39, 0.29) is 202 Å². The summed E-state index contributed by atoms with van der Waals surface area (Å²) in [7, 11) is 0. The summed E-state index contributed by atoms with van der Waals surface area (Å²) in [6.07, 6.45) is 2.67. The minimum atomic E-state index is -0.586. The van der Waals surface area contributed by atoms with E-state index >= 15 is 0 Å². The molecule has 6 radical (unpaired) electrons. The summed E-state index contributed by atoms with van der Waals surface area (Å²) in [6, 6.07) is 0. The molecule has 1 amide bonds. The van der Waals surface area contributed by atoms with Gasteiger partial charge in [-0.2, -0.15) is 22.2 Å². The van der Waals surface area contributed by atoms with E-state index in [4.69, 9.17) is 11.5 Å². The van der Waals surface area contributed by atoms with Crippen molar-refractivity contribution in [1.29, 1.82) is 0 Å². The van der Waals surface area contributed by atoms with Gasteiger partial charge in [-0.05, 0) is 6.92 Å². The van der Waals surface area contributed by atoms with Crippen LogP contribution in [0.4, 0.5) is 0 Å². The Morgan fingerprint density at radius 1 is 0.846 bits per heavy atom. The van der Waals surface area contributed by atoms with Gasteiger partial charge in [0.1, 0.15) is 0 Å². The van der Waals surface area contributed by atoms with Gasteiger partial charge in [-0.1, -0.05) is 33.3 Å². The molecular formula is C16H21N3OY6-2. The number of amides is 1. The number of nitrogens with two attached hydrogens (primary N) is 2. The molecule has 0 aliphatic carbocycles. The first-order chi connectivity index (χ1) is 9.16. The molecule has 0 fully saturated rings. The molecular weight excluding hydrogens is 784 g/mol. The molecule has 1 aromatic rings. The fourth-order valence-electron chi connectivity index (χ4n) is 2.27. The maximum Gasteiger partial charge on any atom is 0.192 e. The Morgan fingerprint density at radius 2 is 1.23 bits per heavy atom. The smallest absolute Gasteiger partial charge is 0.192 e. The van der Waals surface area contributed by atoms with Crippen LogP contribution in [-0.2, 0) is 201 Å². The Kier molecular flexibility index (Phi) is 36.1. The van der Waals surface area contributed by atoms with Crippen molar-refractivity contribution in [2.24, 2.45) is 16.5 Å². The second-order valence-electron chi connectivity index (χ2n) is 4.95. The first-order valence-electron chi connectivity index (χ1n) is 6.33. The van der Waals surface area contributed by atoms with Gasteiger partial charge in [-0.25, -0.2) is 18.1 Å². The van der Waals surface area contributed by atoms with Crippen molar-refractivity contribution in [1.82, 2.24) is 0 Å². The number of nitrogens with zero attached hydrogens (tertiary/aromatic N) is 1. The molecule has 0 saturated carbocycles. The van der Waals surface area contributed by atoms with E-state index in [0.29, 0.717) is 5.57 Å². The Morgan fingerprint density at radius 3 is 1.62 bits per heavy atom. The summed E-state index contributed by atoms with van der Waals surface area (Å²) in [4.78, 5) is 15.0. The Labute approximate surface area is 308 Å². The number of hydrogen-bond donors (Lipinski definition) is 2. The molecule has 0 spiro atoms. The number of rotatable bonds is 2. The topological polar surface area (TPSA) is 81.5 Å². The Bertz CT molecular complexity index is 612. The number of carbonyl (C=O) groups excluding carboxylic acids is 1. The van der Waals surface area contributed by atoms with Crippen LogP contribution in [0.15, 0.2) is 4.99 Å². The van der Waals surface area contributed by atoms with Gasteiger partial charge in [0.05, 0.1) is 0 Å². The second kappa shape index (κ2) is 21.3. The third kappa shape index (κ3) is 13.1. The fourth-order valence-corrected chi connectivity index (χ4v) is 2.27. The third-order valence-electron chi connectivity index (χ3n) is 3.72. The van der Waals surface area contributed by atoms with Crippen LogP contribution >= 0.6 is 0 Å². The predicted molar refractivity (Wildman–Crippen MR) is 83.0 cm³/mol. The zero-order valence-electron chi connectivity index (χ0n) is 16.2. The van der Waals surface area contributed by atoms with E-state index < -0.39 is 5.91 Å². The SMILES string of the molecule is [CH2-]c1c(C)c(C)c(C)c(C)c1C(C)=[C-]C(=O)N=C(N)N.[Y].[Y].[Y].[Y].[Y].[Y]. The molecule has 0 aromatic heterocycles. The van der Waals surface area contributed by atoms with E-state index in [1.165, 1.54) is 11.1 Å². The molecule has 4 nitrogen and oxygen atoms in total. The molecule has 0 aliphatic rings. The standard InChI is InChI=1S/C16H21N3O.6Y/c1-8(7-14(20)19-16(17)18)15-12(5)10(3)9(2)11(4)13(15)6;;;;;;/h5H2,1-4,6H3,(H4,17,18,19,20);;;;;;/q-2;;;;;;. The van der Waals surface area contributed by atoms with E-state index in [0.717, 1.165) is 22.3 Å². The van der Waals surface area contributed by atoms with Gasteiger partial charge in [0.25, 0.3) is 0 Å². The maximum atomic E-state index is 11.6. The van der Waals surface area contributed by atoms with Gasteiger partial charge >= 0.3 is 0 Å². The molecule has 0 saturated heterocycles. The quantitative estimate of drug-likeness (QED) is 0.208. The van der Waals surface area contributed by atoms with Crippen molar-refractivity contribution in [2.75, 3.05) is 0 Å². The van der Waals surface area contributed by atoms with Crippen molar-refractivity contribution < 1.29 is 201 Å². The number of guanidine groups is 1. The van der Waals surface area contributed by atoms with Crippen LogP contribution in [0.25, 0.3) is 5.57 Å². The number of allylic oxidation sites excluding steroid dienone is 1. The second-order valence-corrected chi connectivity index (χ2v) is 4.95. The summed E-state index contributed by atoms with van der Waals surface area (Å²) >= 11 is 0. The largest absolute Gasteiger partial charge is 0.370 e. The van der Waals surface area contributed by atoms with Gasteiger partial charge in [-0.3, -0.25) is 4.79 Å². The zero-order chi connectivity index (χ0) is 15.6. The van der Waals surface area contributed by atoms with E-state index in [9.17, 15) is 4.79 Å². The summed E-state index contributed by atoms with van der Waals surface area (Å²) in [5, 5.41) is 0. The summed E-state index contributed by atoms with van der Waals surface area (Å²) in [6.45, 7) is 14.1. The number of carbonyl (C=O) groups is 1.